The van der Waals surface area contributed by atoms with Gasteiger partial charge in [-0.2, -0.15) is 0 Å². The molecular formula is C21H33N3O3. The van der Waals surface area contributed by atoms with E-state index in [1.807, 2.05) is 0 Å². The Balaban J connectivity index is 1.26. The lowest BCUT2D eigenvalue weighted by molar-refractivity contribution is -0.131. The number of urea groups is 1. The lowest BCUT2D eigenvalue weighted by Crippen LogP contribution is -2.55. The predicted octanol–water partition coefficient (Wildman–Crippen LogP) is 2.82. The Morgan fingerprint density at radius 2 is 1.70 bits per heavy atom. The maximum Gasteiger partial charge on any atom is 0.325 e. The largest absolute Gasteiger partial charge is 0.353 e. The Morgan fingerprint density at radius 1 is 1.15 bits per heavy atom. The SMILES string of the molecule is CC(NC(=O)CCCN1C(=O)NC(C)(C)C1=O)C12CC3CC(CC(C3)C1)C2. The fourth-order valence-corrected chi connectivity index (χ4v) is 6.59. The van der Waals surface area contributed by atoms with E-state index in [-0.39, 0.29) is 23.9 Å². The van der Waals surface area contributed by atoms with Crippen LogP contribution in [-0.2, 0) is 9.59 Å². The fraction of sp³-hybridized carbons (Fsp3) is 0.857. The molecule has 1 saturated heterocycles. The van der Waals surface area contributed by atoms with Gasteiger partial charge in [0.2, 0.25) is 5.91 Å². The molecule has 150 valence electrons. The number of nitrogens with one attached hydrogen (secondary N) is 2. The zero-order valence-corrected chi connectivity index (χ0v) is 16.8. The van der Waals surface area contributed by atoms with Crippen molar-refractivity contribution < 1.29 is 14.4 Å². The molecule has 1 aliphatic heterocycles. The Hall–Kier alpha value is -1.59. The van der Waals surface area contributed by atoms with Gasteiger partial charge in [0.05, 0.1) is 0 Å². The molecule has 0 aromatic heterocycles. The standard InChI is InChI=1S/C21H33N3O3/c1-13(21-10-14-7-15(11-21)9-16(8-14)12-21)22-17(25)5-4-6-24-18(26)20(2,3)23-19(24)27/h13-16H,4-12H2,1-3H3,(H,22,25)(H,23,27). The summed E-state index contributed by atoms with van der Waals surface area (Å²) in [7, 11) is 0. The smallest absolute Gasteiger partial charge is 0.325 e. The minimum absolute atomic E-state index is 0.0459. The van der Waals surface area contributed by atoms with E-state index >= 15 is 0 Å². The van der Waals surface area contributed by atoms with Crippen molar-refractivity contribution in [3.8, 4) is 0 Å². The summed E-state index contributed by atoms with van der Waals surface area (Å²) in [6.07, 6.45) is 8.91. The predicted molar refractivity (Wildman–Crippen MR) is 102 cm³/mol. The van der Waals surface area contributed by atoms with Crippen molar-refractivity contribution in [3.05, 3.63) is 0 Å². The summed E-state index contributed by atoms with van der Waals surface area (Å²) in [4.78, 5) is 37.8. The summed E-state index contributed by atoms with van der Waals surface area (Å²) < 4.78 is 0. The second kappa shape index (κ2) is 6.49. The molecule has 1 atom stereocenters. The lowest BCUT2D eigenvalue weighted by atomic mass is 9.48. The van der Waals surface area contributed by atoms with Gasteiger partial charge in [0.1, 0.15) is 5.54 Å². The highest BCUT2D eigenvalue weighted by Crippen LogP contribution is 2.61. The first kappa shape index (κ1) is 18.8. The van der Waals surface area contributed by atoms with Crippen molar-refractivity contribution in [2.24, 2.45) is 23.2 Å². The van der Waals surface area contributed by atoms with E-state index in [0.29, 0.717) is 24.8 Å². The van der Waals surface area contributed by atoms with Crippen LogP contribution in [0.15, 0.2) is 0 Å². The van der Waals surface area contributed by atoms with Gasteiger partial charge in [-0.15, -0.1) is 0 Å². The Labute approximate surface area is 161 Å². The van der Waals surface area contributed by atoms with Gasteiger partial charge in [0, 0.05) is 19.0 Å². The molecule has 5 fully saturated rings. The topological polar surface area (TPSA) is 78.5 Å². The molecule has 2 N–H and O–H groups in total. The zero-order chi connectivity index (χ0) is 19.4. The first-order valence-corrected chi connectivity index (χ1v) is 10.6. The van der Waals surface area contributed by atoms with E-state index in [2.05, 4.69) is 17.6 Å². The number of nitrogens with zero attached hydrogens (tertiary/aromatic N) is 1. The van der Waals surface area contributed by atoms with Crippen LogP contribution in [0.25, 0.3) is 0 Å². The highest BCUT2D eigenvalue weighted by Gasteiger charge is 2.53. The number of imide groups is 1. The molecule has 5 rings (SSSR count). The molecule has 4 aliphatic carbocycles. The molecule has 4 amide bonds. The molecule has 0 aromatic carbocycles. The van der Waals surface area contributed by atoms with E-state index in [9.17, 15) is 14.4 Å². The van der Waals surface area contributed by atoms with Crippen LogP contribution in [0.4, 0.5) is 4.79 Å². The van der Waals surface area contributed by atoms with Gasteiger partial charge in [-0.1, -0.05) is 0 Å². The molecule has 6 nitrogen and oxygen atoms in total. The molecule has 4 saturated carbocycles. The van der Waals surface area contributed by atoms with Crippen LogP contribution in [0.5, 0.6) is 0 Å². The van der Waals surface area contributed by atoms with Crippen LogP contribution < -0.4 is 10.6 Å². The normalized spacial score (nSPS) is 37.4. The molecule has 4 bridgehead atoms. The number of carbonyl (C=O) groups is 3. The van der Waals surface area contributed by atoms with E-state index in [1.54, 1.807) is 13.8 Å². The van der Waals surface area contributed by atoms with Gasteiger partial charge >= 0.3 is 6.03 Å². The maximum atomic E-state index is 12.5. The third-order valence-electron chi connectivity index (χ3n) is 7.61. The molecule has 27 heavy (non-hydrogen) atoms. The average Bonchev–Trinajstić information content (AvgIpc) is 2.75. The first-order valence-electron chi connectivity index (χ1n) is 10.6. The van der Waals surface area contributed by atoms with Crippen LogP contribution in [0, 0.1) is 23.2 Å². The van der Waals surface area contributed by atoms with E-state index < -0.39 is 5.54 Å². The summed E-state index contributed by atoms with van der Waals surface area (Å²) in [6.45, 7) is 5.89. The van der Waals surface area contributed by atoms with Crippen molar-refractivity contribution in [2.45, 2.75) is 83.7 Å². The Bertz CT molecular complexity index is 622. The Kier molecular flexibility index (Phi) is 4.51. The van der Waals surface area contributed by atoms with Crippen molar-refractivity contribution in [2.75, 3.05) is 6.54 Å². The molecule has 5 aliphatic rings. The highest BCUT2D eigenvalue weighted by atomic mass is 16.2. The maximum absolute atomic E-state index is 12.5. The number of rotatable bonds is 6. The molecule has 1 heterocycles. The lowest BCUT2D eigenvalue weighted by Gasteiger charge is -2.59. The number of hydrogen-bond donors (Lipinski definition) is 2. The molecular weight excluding hydrogens is 342 g/mol. The van der Waals surface area contributed by atoms with E-state index in [4.69, 9.17) is 0 Å². The van der Waals surface area contributed by atoms with Gasteiger partial charge in [0.15, 0.2) is 0 Å². The van der Waals surface area contributed by atoms with Crippen molar-refractivity contribution in [1.82, 2.24) is 15.5 Å². The Morgan fingerprint density at radius 3 is 2.19 bits per heavy atom. The third kappa shape index (κ3) is 3.36. The number of hydrogen-bond acceptors (Lipinski definition) is 3. The number of amides is 4. The minimum Gasteiger partial charge on any atom is -0.353 e. The second-order valence-corrected chi connectivity index (χ2v) is 10.2. The fourth-order valence-electron chi connectivity index (χ4n) is 6.59. The molecule has 6 heteroatoms. The van der Waals surface area contributed by atoms with Crippen molar-refractivity contribution in [1.29, 1.82) is 0 Å². The van der Waals surface area contributed by atoms with Crippen molar-refractivity contribution in [3.63, 3.8) is 0 Å². The average molecular weight is 376 g/mol. The summed E-state index contributed by atoms with van der Waals surface area (Å²) >= 11 is 0. The summed E-state index contributed by atoms with van der Waals surface area (Å²) in [6, 6.07) is -0.138. The summed E-state index contributed by atoms with van der Waals surface area (Å²) in [5.74, 6) is 2.45. The monoisotopic (exact) mass is 375 g/mol. The molecule has 0 spiro atoms. The van der Waals surface area contributed by atoms with Gasteiger partial charge in [0.25, 0.3) is 5.91 Å². The molecule has 0 radical (unpaired) electrons. The first-order chi connectivity index (χ1) is 12.7. The summed E-state index contributed by atoms with van der Waals surface area (Å²) in [5.41, 5.74) is -0.536. The zero-order valence-electron chi connectivity index (χ0n) is 16.8. The van der Waals surface area contributed by atoms with E-state index in [0.717, 1.165) is 17.8 Å². The van der Waals surface area contributed by atoms with Crippen LogP contribution in [0.3, 0.4) is 0 Å². The van der Waals surface area contributed by atoms with Gasteiger partial charge in [-0.3, -0.25) is 14.5 Å². The number of carbonyl (C=O) groups excluding carboxylic acids is 3. The molecule has 1 unspecified atom stereocenters. The van der Waals surface area contributed by atoms with Crippen molar-refractivity contribution >= 4 is 17.8 Å². The van der Waals surface area contributed by atoms with Crippen LogP contribution in [0.1, 0.15) is 72.1 Å². The van der Waals surface area contributed by atoms with Gasteiger partial charge in [-0.25, -0.2) is 4.79 Å². The quantitative estimate of drug-likeness (QED) is 0.701. The third-order valence-corrected chi connectivity index (χ3v) is 7.61. The van der Waals surface area contributed by atoms with Crippen LogP contribution in [-0.4, -0.2) is 40.9 Å². The van der Waals surface area contributed by atoms with Crippen LogP contribution >= 0.6 is 0 Å². The van der Waals surface area contributed by atoms with E-state index in [1.165, 1.54) is 43.4 Å². The molecule has 0 aromatic rings. The van der Waals surface area contributed by atoms with Crippen LogP contribution in [0.2, 0.25) is 0 Å². The minimum atomic E-state index is -0.841. The van der Waals surface area contributed by atoms with Gasteiger partial charge in [-0.05, 0) is 88.9 Å². The van der Waals surface area contributed by atoms with Gasteiger partial charge < -0.3 is 10.6 Å². The summed E-state index contributed by atoms with van der Waals surface area (Å²) in [5, 5.41) is 5.93. The highest BCUT2D eigenvalue weighted by molar-refractivity contribution is 6.06. The second-order valence-electron chi connectivity index (χ2n) is 10.2.